The van der Waals surface area contributed by atoms with Gasteiger partial charge in [-0.05, 0) is 41.3 Å². The number of rotatable bonds is 2. The largest absolute Gasteiger partial charge is 0.353 e. The second kappa shape index (κ2) is 6.65. The van der Waals surface area contributed by atoms with Gasteiger partial charge in [-0.1, -0.05) is 44.2 Å². The molecule has 2 atom stereocenters. The van der Waals surface area contributed by atoms with Gasteiger partial charge in [-0.2, -0.15) is 0 Å². The molecule has 138 valence electrons. The van der Waals surface area contributed by atoms with Crippen LogP contribution in [0.4, 0.5) is 10.1 Å². The lowest BCUT2D eigenvalue weighted by molar-refractivity contribution is -0.522. The van der Waals surface area contributed by atoms with Gasteiger partial charge in [0.25, 0.3) is 0 Å². The number of carbonyl (C=O) groups is 1. The fraction of sp³-hybridized carbons (Fsp3) is 0.273. The number of hydrogen-bond donors (Lipinski definition) is 3. The first-order chi connectivity index (χ1) is 12.9. The summed E-state index contributed by atoms with van der Waals surface area (Å²) in [7, 11) is 0. The van der Waals surface area contributed by atoms with Gasteiger partial charge in [0, 0.05) is 6.42 Å². The number of fused-ring (bicyclic) bond motifs is 1. The molecule has 1 heterocycles. The number of hydrogen-bond acceptors (Lipinski definition) is 3. The van der Waals surface area contributed by atoms with E-state index in [0.717, 1.165) is 16.9 Å². The number of benzene rings is 2. The average molecular weight is 364 g/mol. The van der Waals surface area contributed by atoms with Crippen LogP contribution in [0.5, 0.6) is 0 Å². The Bertz CT molecular complexity index is 916. The van der Waals surface area contributed by atoms with Gasteiger partial charge in [0.15, 0.2) is 0 Å². The molecule has 0 saturated heterocycles. The third kappa shape index (κ3) is 3.63. The molecule has 4 rings (SSSR count). The van der Waals surface area contributed by atoms with E-state index in [-0.39, 0.29) is 29.0 Å². The van der Waals surface area contributed by atoms with Crippen LogP contribution >= 0.6 is 0 Å². The van der Waals surface area contributed by atoms with E-state index in [1.165, 1.54) is 12.1 Å². The molecule has 2 aromatic rings. The lowest BCUT2D eigenvalue weighted by Crippen LogP contribution is -2.84. The Hall–Kier alpha value is -2.95. The summed E-state index contributed by atoms with van der Waals surface area (Å²) < 4.78 is 13.2. The van der Waals surface area contributed by atoms with Gasteiger partial charge in [-0.15, -0.1) is 0 Å². The summed E-state index contributed by atoms with van der Waals surface area (Å²) in [6, 6.07) is 16.0. The van der Waals surface area contributed by atoms with E-state index in [4.69, 9.17) is 0 Å². The van der Waals surface area contributed by atoms with E-state index in [0.29, 0.717) is 12.4 Å². The van der Waals surface area contributed by atoms with Gasteiger partial charge in [0.1, 0.15) is 23.6 Å². The Labute approximate surface area is 158 Å². The van der Waals surface area contributed by atoms with Crippen LogP contribution in [0.3, 0.4) is 0 Å². The Balaban J connectivity index is 1.74. The second-order valence-corrected chi connectivity index (χ2v) is 7.87. The predicted molar refractivity (Wildman–Crippen MR) is 103 cm³/mol. The molecule has 0 unspecified atom stereocenters. The molecule has 5 heteroatoms. The van der Waals surface area contributed by atoms with Crippen molar-refractivity contribution in [1.29, 1.82) is 0 Å². The van der Waals surface area contributed by atoms with Gasteiger partial charge < -0.3 is 0 Å². The first-order valence-electron chi connectivity index (χ1n) is 9.15. The summed E-state index contributed by atoms with van der Waals surface area (Å²) in [6.07, 6.45) is 2.68. The van der Waals surface area contributed by atoms with E-state index >= 15 is 0 Å². The average Bonchev–Trinajstić information content (AvgIpc) is 2.62. The molecule has 0 aromatic heterocycles. The molecule has 0 saturated carbocycles. The SMILES string of the molecule is CC1(C)C=C2NC(Nc3ccc(F)cc3)=[NH+][C@H](c3ccccc3)[C@H]2C(=O)C1. The molecule has 2 aliphatic rings. The first kappa shape index (κ1) is 17.5. The van der Waals surface area contributed by atoms with E-state index in [1.807, 2.05) is 30.3 Å². The van der Waals surface area contributed by atoms with Crippen LogP contribution in [0.25, 0.3) is 0 Å². The van der Waals surface area contributed by atoms with Crippen molar-refractivity contribution in [2.24, 2.45) is 11.3 Å². The summed E-state index contributed by atoms with van der Waals surface area (Å²) >= 11 is 0. The predicted octanol–water partition coefficient (Wildman–Crippen LogP) is 2.52. The number of carbonyl (C=O) groups excluding carboxylic acids is 1. The van der Waals surface area contributed by atoms with Gasteiger partial charge in [-0.25, -0.2) is 15.0 Å². The lowest BCUT2D eigenvalue weighted by atomic mass is 9.72. The molecule has 1 aliphatic carbocycles. The maximum atomic E-state index is 13.2. The zero-order chi connectivity index (χ0) is 19.0. The van der Waals surface area contributed by atoms with Crippen LogP contribution in [-0.4, -0.2) is 11.7 Å². The number of allylic oxidation sites excluding steroid dienone is 1. The Kier molecular flexibility index (Phi) is 4.30. The highest BCUT2D eigenvalue weighted by Crippen LogP contribution is 2.38. The van der Waals surface area contributed by atoms with Crippen LogP contribution in [0.15, 0.2) is 66.4 Å². The van der Waals surface area contributed by atoms with Gasteiger partial charge in [-0.3, -0.25) is 9.79 Å². The van der Waals surface area contributed by atoms with Crippen LogP contribution < -0.4 is 15.6 Å². The standard InChI is InChI=1S/C22H22FN3O/c1-22(2)12-17-19(18(27)13-22)20(14-6-4-3-5-7-14)26-21(25-17)24-16-10-8-15(23)9-11-16/h3-12,19-20H,13H2,1-2H3,(H2,24,25,26)/p+1/t19-,20-/m1/s1. The second-order valence-electron chi connectivity index (χ2n) is 7.87. The number of Topliss-reactive ketones (excluding diaryl/α,β-unsaturated/α-hetero) is 1. The zero-order valence-corrected chi connectivity index (χ0v) is 15.4. The van der Waals surface area contributed by atoms with Crippen molar-refractivity contribution in [1.82, 2.24) is 5.32 Å². The zero-order valence-electron chi connectivity index (χ0n) is 15.4. The van der Waals surface area contributed by atoms with E-state index in [1.54, 1.807) is 12.1 Å². The lowest BCUT2D eigenvalue weighted by Gasteiger charge is -2.36. The number of ketones is 1. The molecule has 1 aliphatic heterocycles. The van der Waals surface area contributed by atoms with Gasteiger partial charge in [0.2, 0.25) is 0 Å². The molecule has 0 bridgehead atoms. The molecule has 0 spiro atoms. The highest BCUT2D eigenvalue weighted by molar-refractivity contribution is 5.94. The van der Waals surface area contributed by atoms with E-state index in [2.05, 4.69) is 35.5 Å². The van der Waals surface area contributed by atoms with Gasteiger partial charge >= 0.3 is 5.96 Å². The van der Waals surface area contributed by atoms with Crippen molar-refractivity contribution in [2.75, 3.05) is 5.32 Å². The van der Waals surface area contributed by atoms with Crippen molar-refractivity contribution in [3.63, 3.8) is 0 Å². The molecule has 4 nitrogen and oxygen atoms in total. The molecular weight excluding hydrogens is 341 g/mol. The van der Waals surface area contributed by atoms with Crippen LogP contribution in [0, 0.1) is 17.2 Å². The maximum Gasteiger partial charge on any atom is 0.353 e. The summed E-state index contributed by atoms with van der Waals surface area (Å²) in [5, 5.41) is 6.60. The van der Waals surface area contributed by atoms with Crippen molar-refractivity contribution >= 4 is 17.4 Å². The highest BCUT2D eigenvalue weighted by atomic mass is 19.1. The number of halogens is 1. The quantitative estimate of drug-likeness (QED) is 0.768. The van der Waals surface area contributed by atoms with Crippen molar-refractivity contribution in [2.45, 2.75) is 26.3 Å². The molecule has 0 radical (unpaired) electrons. The molecule has 3 N–H and O–H groups in total. The highest BCUT2D eigenvalue weighted by Gasteiger charge is 2.45. The number of guanidine groups is 1. The smallest absolute Gasteiger partial charge is 0.299 e. The fourth-order valence-corrected chi connectivity index (χ4v) is 3.87. The molecule has 0 amide bonds. The Morgan fingerprint density at radius 2 is 1.81 bits per heavy atom. The monoisotopic (exact) mass is 364 g/mol. The van der Waals surface area contributed by atoms with E-state index < -0.39 is 0 Å². The minimum absolute atomic E-state index is 0.162. The fourth-order valence-electron chi connectivity index (χ4n) is 3.87. The topological polar surface area (TPSA) is 55.1 Å². The summed E-state index contributed by atoms with van der Waals surface area (Å²) in [5.74, 6) is 0.384. The van der Waals surface area contributed by atoms with Crippen LogP contribution in [0.2, 0.25) is 0 Å². The molecule has 27 heavy (non-hydrogen) atoms. The van der Waals surface area contributed by atoms with Gasteiger partial charge in [0.05, 0.1) is 11.4 Å². The van der Waals surface area contributed by atoms with E-state index in [9.17, 15) is 9.18 Å². The molecule has 0 fully saturated rings. The summed E-state index contributed by atoms with van der Waals surface area (Å²) in [4.78, 5) is 16.4. The van der Waals surface area contributed by atoms with Crippen LogP contribution in [0.1, 0.15) is 31.9 Å². The summed E-state index contributed by atoms with van der Waals surface area (Å²) in [6.45, 7) is 4.14. The Morgan fingerprint density at radius 1 is 1.11 bits per heavy atom. The van der Waals surface area contributed by atoms with Crippen molar-refractivity contribution in [3.8, 4) is 0 Å². The third-order valence-corrected chi connectivity index (χ3v) is 5.03. The third-order valence-electron chi connectivity index (χ3n) is 5.03. The minimum atomic E-state index is -0.278. The van der Waals surface area contributed by atoms with Crippen molar-refractivity contribution < 1.29 is 14.2 Å². The minimum Gasteiger partial charge on any atom is -0.299 e. The van der Waals surface area contributed by atoms with Crippen molar-refractivity contribution in [3.05, 3.63) is 77.8 Å². The first-order valence-corrected chi connectivity index (χ1v) is 9.15. The Morgan fingerprint density at radius 3 is 2.52 bits per heavy atom. The normalized spacial score (nSPS) is 23.6. The summed E-state index contributed by atoms with van der Waals surface area (Å²) in [5.41, 5.74) is 2.55. The maximum absolute atomic E-state index is 13.2. The molecule has 2 aromatic carbocycles. The molecular formula is C22H23FN3O+. The number of nitrogens with one attached hydrogen (secondary N) is 3. The number of anilines is 1. The van der Waals surface area contributed by atoms with Crippen LogP contribution in [-0.2, 0) is 4.79 Å².